The molecule has 1 rings (SSSR count). The van der Waals surface area contributed by atoms with Crippen LogP contribution in [0.5, 0.6) is 0 Å². The molecule has 0 bridgehead atoms. The molecule has 0 aliphatic heterocycles. The molecule has 8 heteroatoms. The number of nitrogens with one attached hydrogen (secondary N) is 1. The SMILES string of the molecule is CC(CCc1ccco1)NC(=O)N(CC(N)=O)CC(=O)O. The molecule has 1 heterocycles. The van der Waals surface area contributed by atoms with Crippen molar-refractivity contribution in [1.29, 1.82) is 0 Å². The second kappa shape index (κ2) is 7.93. The van der Waals surface area contributed by atoms with Gasteiger partial charge < -0.3 is 25.5 Å². The van der Waals surface area contributed by atoms with E-state index in [1.165, 1.54) is 0 Å². The summed E-state index contributed by atoms with van der Waals surface area (Å²) in [6, 6.07) is 2.77. The number of carbonyl (C=O) groups excluding carboxylic acids is 2. The Balaban J connectivity index is 2.46. The van der Waals surface area contributed by atoms with Crippen molar-refractivity contribution >= 4 is 17.9 Å². The Bertz CT molecular complexity index is 470. The Morgan fingerprint density at radius 3 is 2.67 bits per heavy atom. The third-order valence-electron chi connectivity index (χ3n) is 2.73. The Morgan fingerprint density at radius 1 is 1.43 bits per heavy atom. The summed E-state index contributed by atoms with van der Waals surface area (Å²) >= 11 is 0. The van der Waals surface area contributed by atoms with E-state index < -0.39 is 31.0 Å². The maximum Gasteiger partial charge on any atom is 0.323 e. The summed E-state index contributed by atoms with van der Waals surface area (Å²) < 4.78 is 5.18. The molecule has 0 aromatic carbocycles. The fourth-order valence-corrected chi connectivity index (χ4v) is 1.74. The summed E-state index contributed by atoms with van der Waals surface area (Å²) in [4.78, 5) is 34.3. The van der Waals surface area contributed by atoms with Gasteiger partial charge in [0.1, 0.15) is 18.8 Å². The number of carbonyl (C=O) groups is 3. The molecule has 0 aliphatic carbocycles. The van der Waals surface area contributed by atoms with Gasteiger partial charge in [-0.15, -0.1) is 0 Å². The summed E-state index contributed by atoms with van der Waals surface area (Å²) in [6.45, 7) is 0.757. The highest BCUT2D eigenvalue weighted by molar-refractivity contribution is 5.86. The van der Waals surface area contributed by atoms with Crippen LogP contribution < -0.4 is 11.1 Å². The smallest absolute Gasteiger partial charge is 0.323 e. The van der Waals surface area contributed by atoms with Crippen molar-refractivity contribution < 1.29 is 23.9 Å². The number of aliphatic carboxylic acids is 1. The van der Waals surface area contributed by atoms with E-state index in [9.17, 15) is 14.4 Å². The van der Waals surface area contributed by atoms with Gasteiger partial charge in [0, 0.05) is 12.5 Å². The molecule has 1 aromatic rings. The lowest BCUT2D eigenvalue weighted by Crippen LogP contribution is -2.49. The number of rotatable bonds is 8. The zero-order valence-corrected chi connectivity index (χ0v) is 11.7. The molecule has 8 nitrogen and oxygen atoms in total. The fraction of sp³-hybridized carbons (Fsp3) is 0.462. The van der Waals surface area contributed by atoms with E-state index in [2.05, 4.69) is 5.32 Å². The quantitative estimate of drug-likeness (QED) is 0.631. The van der Waals surface area contributed by atoms with E-state index in [0.717, 1.165) is 10.7 Å². The molecule has 116 valence electrons. The monoisotopic (exact) mass is 297 g/mol. The van der Waals surface area contributed by atoms with Crippen LogP contribution in [0.3, 0.4) is 0 Å². The second-order valence-corrected chi connectivity index (χ2v) is 4.68. The number of nitrogens with two attached hydrogens (primary N) is 1. The van der Waals surface area contributed by atoms with Gasteiger partial charge in [-0.05, 0) is 25.5 Å². The number of amides is 3. The maximum atomic E-state index is 11.9. The van der Waals surface area contributed by atoms with Crippen LogP contribution in [0.15, 0.2) is 22.8 Å². The van der Waals surface area contributed by atoms with Gasteiger partial charge in [-0.1, -0.05) is 0 Å². The van der Waals surface area contributed by atoms with Crippen molar-refractivity contribution in [2.24, 2.45) is 5.73 Å². The Labute approximate surface area is 121 Å². The molecule has 1 aromatic heterocycles. The minimum Gasteiger partial charge on any atom is -0.480 e. The fourth-order valence-electron chi connectivity index (χ4n) is 1.74. The van der Waals surface area contributed by atoms with E-state index in [1.54, 1.807) is 19.3 Å². The van der Waals surface area contributed by atoms with Crippen LogP contribution in [0, 0.1) is 0 Å². The highest BCUT2D eigenvalue weighted by atomic mass is 16.4. The van der Waals surface area contributed by atoms with Gasteiger partial charge >= 0.3 is 12.0 Å². The van der Waals surface area contributed by atoms with E-state index in [4.69, 9.17) is 15.3 Å². The number of carboxylic acids is 1. The van der Waals surface area contributed by atoms with Crippen molar-refractivity contribution in [1.82, 2.24) is 10.2 Å². The molecule has 1 unspecified atom stereocenters. The average molecular weight is 297 g/mol. The molecule has 0 radical (unpaired) electrons. The third-order valence-corrected chi connectivity index (χ3v) is 2.73. The third kappa shape index (κ3) is 6.46. The molecule has 0 saturated carbocycles. The molecule has 0 aliphatic rings. The first kappa shape index (κ1) is 16.5. The number of furan rings is 1. The zero-order chi connectivity index (χ0) is 15.8. The lowest BCUT2D eigenvalue weighted by molar-refractivity contribution is -0.137. The topological polar surface area (TPSA) is 126 Å². The van der Waals surface area contributed by atoms with Crippen LogP contribution in [0.2, 0.25) is 0 Å². The standard InChI is InChI=1S/C13H19N3O5/c1-9(4-5-10-3-2-6-21-10)15-13(20)16(7-11(14)17)8-12(18)19/h2-3,6,9H,4-5,7-8H2,1H3,(H2,14,17)(H,15,20)(H,18,19). The molecule has 3 amide bonds. The highest BCUT2D eigenvalue weighted by Crippen LogP contribution is 2.06. The van der Waals surface area contributed by atoms with Crippen molar-refractivity contribution in [2.75, 3.05) is 13.1 Å². The van der Waals surface area contributed by atoms with Gasteiger partial charge in [0.25, 0.3) is 0 Å². The normalized spacial score (nSPS) is 11.7. The van der Waals surface area contributed by atoms with Gasteiger partial charge in [-0.2, -0.15) is 0 Å². The molecule has 0 saturated heterocycles. The molecule has 1 atom stereocenters. The predicted molar refractivity (Wildman–Crippen MR) is 73.4 cm³/mol. The van der Waals surface area contributed by atoms with Crippen LogP contribution >= 0.6 is 0 Å². The van der Waals surface area contributed by atoms with Crippen LogP contribution in [-0.4, -0.2) is 47.0 Å². The lowest BCUT2D eigenvalue weighted by Gasteiger charge is -2.22. The number of primary amides is 1. The van der Waals surface area contributed by atoms with Gasteiger partial charge in [0.15, 0.2) is 0 Å². The maximum absolute atomic E-state index is 11.9. The molecular formula is C13H19N3O5. The van der Waals surface area contributed by atoms with Gasteiger partial charge in [0.05, 0.1) is 6.26 Å². The lowest BCUT2D eigenvalue weighted by atomic mass is 10.1. The minimum absolute atomic E-state index is 0.202. The number of urea groups is 1. The first-order chi connectivity index (χ1) is 9.88. The highest BCUT2D eigenvalue weighted by Gasteiger charge is 2.20. The summed E-state index contributed by atoms with van der Waals surface area (Å²) in [5, 5.41) is 11.3. The van der Waals surface area contributed by atoms with E-state index >= 15 is 0 Å². The number of hydrogen-bond donors (Lipinski definition) is 3. The summed E-state index contributed by atoms with van der Waals surface area (Å²) in [7, 11) is 0. The largest absolute Gasteiger partial charge is 0.480 e. The van der Waals surface area contributed by atoms with Crippen molar-refractivity contribution in [3.8, 4) is 0 Å². The predicted octanol–water partition coefficient (Wildman–Crippen LogP) is 0.182. The van der Waals surface area contributed by atoms with E-state index in [-0.39, 0.29) is 6.04 Å². The van der Waals surface area contributed by atoms with E-state index in [0.29, 0.717) is 12.8 Å². The van der Waals surface area contributed by atoms with E-state index in [1.807, 2.05) is 6.07 Å². The van der Waals surface area contributed by atoms with Crippen molar-refractivity contribution in [3.05, 3.63) is 24.2 Å². The van der Waals surface area contributed by atoms with Gasteiger partial charge in [-0.25, -0.2) is 4.79 Å². The molecule has 21 heavy (non-hydrogen) atoms. The second-order valence-electron chi connectivity index (χ2n) is 4.68. The molecule has 4 N–H and O–H groups in total. The minimum atomic E-state index is -1.21. The number of carboxylic acid groups (broad SMARTS) is 1. The van der Waals surface area contributed by atoms with Crippen LogP contribution in [0.4, 0.5) is 4.79 Å². The Kier molecular flexibility index (Phi) is 6.25. The van der Waals surface area contributed by atoms with Crippen LogP contribution in [-0.2, 0) is 16.0 Å². The molecular weight excluding hydrogens is 278 g/mol. The van der Waals surface area contributed by atoms with Gasteiger partial charge in [-0.3, -0.25) is 9.59 Å². The molecule has 0 spiro atoms. The first-order valence-electron chi connectivity index (χ1n) is 6.46. The van der Waals surface area contributed by atoms with Crippen molar-refractivity contribution in [3.63, 3.8) is 0 Å². The zero-order valence-electron chi connectivity index (χ0n) is 11.7. The Hall–Kier alpha value is -2.51. The van der Waals surface area contributed by atoms with Gasteiger partial charge in [0.2, 0.25) is 5.91 Å². The number of hydrogen-bond acceptors (Lipinski definition) is 4. The van der Waals surface area contributed by atoms with Crippen molar-refractivity contribution in [2.45, 2.75) is 25.8 Å². The average Bonchev–Trinajstić information content (AvgIpc) is 2.87. The van der Waals surface area contributed by atoms with Crippen LogP contribution in [0.25, 0.3) is 0 Å². The summed E-state index contributed by atoms with van der Waals surface area (Å²) in [6.07, 6.45) is 2.83. The summed E-state index contributed by atoms with van der Waals surface area (Å²) in [5.41, 5.74) is 4.99. The number of aryl methyl sites for hydroxylation is 1. The van der Waals surface area contributed by atoms with Crippen LogP contribution in [0.1, 0.15) is 19.1 Å². The first-order valence-corrected chi connectivity index (χ1v) is 6.46. The summed E-state index contributed by atoms with van der Waals surface area (Å²) in [5.74, 6) is -1.18. The Morgan fingerprint density at radius 2 is 2.14 bits per heavy atom. The number of nitrogens with zero attached hydrogens (tertiary/aromatic N) is 1. The molecule has 0 fully saturated rings.